The van der Waals surface area contributed by atoms with Gasteiger partial charge in [0.25, 0.3) is 0 Å². The number of nitrogens with two attached hydrogens (primary N) is 1. The van der Waals surface area contributed by atoms with Gasteiger partial charge in [0.15, 0.2) is 0 Å². The predicted molar refractivity (Wildman–Crippen MR) is 110 cm³/mol. The lowest BCUT2D eigenvalue weighted by atomic mass is 10.1. The number of anilines is 1. The lowest BCUT2D eigenvalue weighted by Gasteiger charge is -2.27. The van der Waals surface area contributed by atoms with Crippen LogP contribution in [0.1, 0.15) is 34.5 Å². The number of carbonyl (C=O) groups excluding carboxylic acids is 1. The number of hydrogen-bond donors (Lipinski definition) is 1. The maximum atomic E-state index is 12.9. The van der Waals surface area contributed by atoms with Crippen LogP contribution >= 0.6 is 0 Å². The summed E-state index contributed by atoms with van der Waals surface area (Å²) in [6, 6.07) is 9.34. The van der Waals surface area contributed by atoms with Crippen molar-refractivity contribution in [2.45, 2.75) is 45.6 Å². The van der Waals surface area contributed by atoms with Gasteiger partial charge in [-0.05, 0) is 44.2 Å². The van der Waals surface area contributed by atoms with Crippen LogP contribution in [-0.2, 0) is 24.1 Å². The summed E-state index contributed by atoms with van der Waals surface area (Å²) in [5.74, 6) is 0.435. The quantitative estimate of drug-likeness (QED) is 0.882. The Hall–Kier alpha value is -2.47. The fourth-order valence-corrected chi connectivity index (χ4v) is 4.63. The van der Waals surface area contributed by atoms with E-state index in [4.69, 9.17) is 5.73 Å². The first-order valence-electron chi connectivity index (χ1n) is 10.2. The number of benzene rings is 1. The first kappa shape index (κ1) is 18.9. The molecule has 1 aromatic heterocycles. The Labute approximate surface area is 166 Å². The van der Waals surface area contributed by atoms with Crippen molar-refractivity contribution in [2.75, 3.05) is 31.9 Å². The van der Waals surface area contributed by atoms with E-state index in [9.17, 15) is 4.79 Å². The Morgan fingerprint density at radius 2 is 1.68 bits per heavy atom. The highest BCUT2D eigenvalue weighted by Crippen LogP contribution is 2.26. The number of aromatic nitrogens is 2. The van der Waals surface area contributed by atoms with Crippen LogP contribution in [0.3, 0.4) is 0 Å². The third-order valence-corrected chi connectivity index (χ3v) is 6.20. The van der Waals surface area contributed by atoms with Crippen molar-refractivity contribution >= 4 is 11.9 Å². The van der Waals surface area contributed by atoms with Gasteiger partial charge in [0.2, 0.25) is 11.9 Å². The SMILES string of the molecule is Cc1nc(N)nc(C)c1CC(=O)N1CCCN(C2Cc3ccccc3C2)CC1. The second-order valence-electron chi connectivity index (χ2n) is 8.01. The van der Waals surface area contributed by atoms with Crippen molar-refractivity contribution in [3.8, 4) is 0 Å². The van der Waals surface area contributed by atoms with Crippen molar-refractivity contribution in [3.05, 3.63) is 52.3 Å². The molecule has 1 saturated heterocycles. The molecule has 0 spiro atoms. The minimum atomic E-state index is 0.163. The Morgan fingerprint density at radius 3 is 2.32 bits per heavy atom. The maximum Gasteiger partial charge on any atom is 0.227 e. The minimum absolute atomic E-state index is 0.163. The molecule has 1 fully saturated rings. The van der Waals surface area contributed by atoms with Gasteiger partial charge in [-0.25, -0.2) is 9.97 Å². The summed E-state index contributed by atoms with van der Waals surface area (Å²) in [5, 5.41) is 0. The van der Waals surface area contributed by atoms with E-state index >= 15 is 0 Å². The molecule has 28 heavy (non-hydrogen) atoms. The van der Waals surface area contributed by atoms with Crippen molar-refractivity contribution in [2.24, 2.45) is 0 Å². The van der Waals surface area contributed by atoms with Gasteiger partial charge in [-0.3, -0.25) is 9.69 Å². The number of fused-ring (bicyclic) bond motifs is 1. The molecule has 1 aliphatic heterocycles. The van der Waals surface area contributed by atoms with Gasteiger partial charge in [0.05, 0.1) is 6.42 Å². The molecule has 2 aliphatic rings. The molecular weight excluding hydrogens is 350 g/mol. The van der Waals surface area contributed by atoms with E-state index in [2.05, 4.69) is 39.1 Å². The maximum absolute atomic E-state index is 12.9. The third-order valence-electron chi connectivity index (χ3n) is 6.20. The van der Waals surface area contributed by atoms with Crippen LogP contribution < -0.4 is 5.73 Å². The number of aryl methyl sites for hydroxylation is 2. The average Bonchev–Trinajstić information content (AvgIpc) is 2.93. The molecule has 0 bridgehead atoms. The van der Waals surface area contributed by atoms with Crippen LogP contribution in [0.5, 0.6) is 0 Å². The van der Waals surface area contributed by atoms with Gasteiger partial charge in [-0.2, -0.15) is 0 Å². The molecule has 2 heterocycles. The lowest BCUT2D eigenvalue weighted by Crippen LogP contribution is -2.40. The second-order valence-corrected chi connectivity index (χ2v) is 8.01. The van der Waals surface area contributed by atoms with E-state index < -0.39 is 0 Å². The first-order chi connectivity index (χ1) is 13.5. The Balaban J connectivity index is 1.37. The zero-order valence-electron chi connectivity index (χ0n) is 16.8. The summed E-state index contributed by atoms with van der Waals surface area (Å²) < 4.78 is 0. The van der Waals surface area contributed by atoms with Gasteiger partial charge in [0, 0.05) is 49.2 Å². The number of hydrogen-bond acceptors (Lipinski definition) is 5. The average molecular weight is 380 g/mol. The molecule has 1 aromatic carbocycles. The highest BCUT2D eigenvalue weighted by molar-refractivity contribution is 5.79. The summed E-state index contributed by atoms with van der Waals surface area (Å²) >= 11 is 0. The van der Waals surface area contributed by atoms with Crippen LogP contribution in [0, 0.1) is 13.8 Å². The van der Waals surface area contributed by atoms with Gasteiger partial charge in [-0.15, -0.1) is 0 Å². The summed E-state index contributed by atoms with van der Waals surface area (Å²) in [6.45, 7) is 7.42. The second kappa shape index (κ2) is 7.87. The zero-order chi connectivity index (χ0) is 19.7. The van der Waals surface area contributed by atoms with Crippen molar-refractivity contribution in [1.29, 1.82) is 0 Å². The van der Waals surface area contributed by atoms with Crippen LogP contribution in [0.2, 0.25) is 0 Å². The van der Waals surface area contributed by atoms with Crippen molar-refractivity contribution in [1.82, 2.24) is 19.8 Å². The van der Waals surface area contributed by atoms with Crippen molar-refractivity contribution in [3.63, 3.8) is 0 Å². The number of nitrogens with zero attached hydrogens (tertiary/aromatic N) is 4. The normalized spacial score (nSPS) is 18.1. The van der Waals surface area contributed by atoms with E-state index in [0.717, 1.165) is 62.4 Å². The molecule has 0 atom stereocenters. The summed E-state index contributed by atoms with van der Waals surface area (Å²) in [6.07, 6.45) is 3.64. The molecule has 6 nitrogen and oxygen atoms in total. The Morgan fingerprint density at radius 1 is 1.04 bits per heavy atom. The van der Waals surface area contributed by atoms with E-state index in [1.807, 2.05) is 18.7 Å². The zero-order valence-corrected chi connectivity index (χ0v) is 16.8. The number of carbonyl (C=O) groups is 1. The summed E-state index contributed by atoms with van der Waals surface area (Å²) in [4.78, 5) is 26.0. The number of amides is 1. The van der Waals surface area contributed by atoms with Crippen LogP contribution in [-0.4, -0.2) is 57.9 Å². The number of rotatable bonds is 3. The third kappa shape index (κ3) is 3.87. The van der Waals surface area contributed by atoms with E-state index in [1.165, 1.54) is 11.1 Å². The largest absolute Gasteiger partial charge is 0.368 e. The first-order valence-corrected chi connectivity index (χ1v) is 10.2. The highest BCUT2D eigenvalue weighted by Gasteiger charge is 2.29. The molecule has 148 valence electrons. The Kier molecular flexibility index (Phi) is 5.31. The van der Waals surface area contributed by atoms with Gasteiger partial charge >= 0.3 is 0 Å². The molecule has 1 amide bonds. The van der Waals surface area contributed by atoms with Crippen LogP contribution in [0.4, 0.5) is 5.95 Å². The fourth-order valence-electron chi connectivity index (χ4n) is 4.63. The molecule has 6 heteroatoms. The molecule has 4 rings (SSSR count). The molecule has 0 saturated carbocycles. The topological polar surface area (TPSA) is 75.3 Å². The minimum Gasteiger partial charge on any atom is -0.368 e. The molecular formula is C22H29N5O. The molecule has 0 radical (unpaired) electrons. The fraction of sp³-hybridized carbons (Fsp3) is 0.500. The number of nitrogen functional groups attached to an aromatic ring is 1. The van der Waals surface area contributed by atoms with Crippen molar-refractivity contribution < 1.29 is 4.79 Å². The molecule has 0 unspecified atom stereocenters. The monoisotopic (exact) mass is 379 g/mol. The summed E-state index contributed by atoms with van der Waals surface area (Å²) in [7, 11) is 0. The molecule has 1 aliphatic carbocycles. The van der Waals surface area contributed by atoms with E-state index in [0.29, 0.717) is 12.5 Å². The van der Waals surface area contributed by atoms with Gasteiger partial charge < -0.3 is 10.6 Å². The smallest absolute Gasteiger partial charge is 0.227 e. The molecule has 2 aromatic rings. The molecule has 2 N–H and O–H groups in total. The van der Waals surface area contributed by atoms with Gasteiger partial charge in [-0.1, -0.05) is 24.3 Å². The van der Waals surface area contributed by atoms with Crippen LogP contribution in [0.25, 0.3) is 0 Å². The van der Waals surface area contributed by atoms with E-state index in [1.54, 1.807) is 0 Å². The highest BCUT2D eigenvalue weighted by atomic mass is 16.2. The van der Waals surface area contributed by atoms with E-state index in [-0.39, 0.29) is 11.9 Å². The Bertz CT molecular complexity index is 833. The lowest BCUT2D eigenvalue weighted by molar-refractivity contribution is -0.130. The van der Waals surface area contributed by atoms with Crippen LogP contribution in [0.15, 0.2) is 24.3 Å². The standard InChI is InChI=1S/C22H29N5O/c1-15-20(16(2)25-22(23)24-15)14-21(28)27-9-5-8-26(10-11-27)19-12-17-6-3-4-7-18(17)13-19/h3-4,6-7,19H,5,8-14H2,1-2H3,(H2,23,24,25). The predicted octanol–water partition coefficient (Wildman–Crippen LogP) is 1.92. The summed E-state index contributed by atoms with van der Waals surface area (Å²) in [5.41, 5.74) is 11.2. The van der Waals surface area contributed by atoms with Gasteiger partial charge in [0.1, 0.15) is 0 Å².